The zero-order chi connectivity index (χ0) is 12.3. The molecule has 86 valence electrons. The van der Waals surface area contributed by atoms with Crippen molar-refractivity contribution in [1.29, 1.82) is 0 Å². The third kappa shape index (κ3) is 2.82. The Bertz CT molecular complexity index is 540. The van der Waals surface area contributed by atoms with E-state index in [-0.39, 0.29) is 11.7 Å². The number of aromatic hydroxyl groups is 1. The maximum absolute atomic E-state index is 11.9. The van der Waals surface area contributed by atoms with Crippen molar-refractivity contribution >= 4 is 27.5 Å². The van der Waals surface area contributed by atoms with Crippen molar-refractivity contribution in [1.82, 2.24) is 4.98 Å². The summed E-state index contributed by atoms with van der Waals surface area (Å²) in [6.45, 7) is 0. The lowest BCUT2D eigenvalue weighted by atomic mass is 10.3. The van der Waals surface area contributed by atoms with Gasteiger partial charge in [-0.05, 0) is 52.3 Å². The molecule has 2 N–H and O–H groups in total. The molecule has 2 rings (SSSR count). The van der Waals surface area contributed by atoms with Crippen LogP contribution in [0.15, 0.2) is 47.1 Å². The molecular formula is C12H9BrN2O2. The van der Waals surface area contributed by atoms with Gasteiger partial charge in [0.2, 0.25) is 0 Å². The zero-order valence-electron chi connectivity index (χ0n) is 8.72. The number of halogens is 1. The SMILES string of the molecule is O=C(Nc1ccc(O)cc1)c1ncccc1Br. The quantitative estimate of drug-likeness (QED) is 0.837. The fourth-order valence-electron chi connectivity index (χ4n) is 1.29. The molecule has 1 amide bonds. The van der Waals surface area contributed by atoms with Gasteiger partial charge < -0.3 is 10.4 Å². The molecule has 0 saturated heterocycles. The second-order valence-electron chi connectivity index (χ2n) is 3.33. The molecule has 5 heteroatoms. The summed E-state index contributed by atoms with van der Waals surface area (Å²) in [5.41, 5.74) is 0.922. The number of carbonyl (C=O) groups is 1. The first-order chi connectivity index (χ1) is 8.16. The van der Waals surface area contributed by atoms with Crippen molar-refractivity contribution in [3.05, 3.63) is 52.8 Å². The first kappa shape index (κ1) is 11.6. The molecule has 0 radical (unpaired) electrons. The average molecular weight is 293 g/mol. The van der Waals surface area contributed by atoms with Crippen LogP contribution in [-0.4, -0.2) is 16.0 Å². The molecule has 1 heterocycles. The molecule has 2 aromatic rings. The topological polar surface area (TPSA) is 62.2 Å². The largest absolute Gasteiger partial charge is 0.508 e. The van der Waals surface area contributed by atoms with E-state index >= 15 is 0 Å². The fourth-order valence-corrected chi connectivity index (χ4v) is 1.72. The van der Waals surface area contributed by atoms with Gasteiger partial charge in [-0.2, -0.15) is 0 Å². The molecular weight excluding hydrogens is 284 g/mol. The normalized spacial score (nSPS) is 9.94. The average Bonchev–Trinajstić information content (AvgIpc) is 2.32. The minimum atomic E-state index is -0.303. The number of benzene rings is 1. The first-order valence-electron chi connectivity index (χ1n) is 4.88. The Morgan fingerprint density at radius 1 is 1.24 bits per heavy atom. The number of phenols is 1. The molecule has 0 fully saturated rings. The minimum absolute atomic E-state index is 0.155. The van der Waals surface area contributed by atoms with Crippen LogP contribution in [0.1, 0.15) is 10.5 Å². The summed E-state index contributed by atoms with van der Waals surface area (Å²) < 4.78 is 0.635. The Morgan fingerprint density at radius 2 is 1.94 bits per heavy atom. The van der Waals surface area contributed by atoms with Crippen LogP contribution in [0.25, 0.3) is 0 Å². The molecule has 0 aliphatic carbocycles. The van der Waals surface area contributed by atoms with Crippen LogP contribution in [-0.2, 0) is 0 Å². The van der Waals surface area contributed by atoms with E-state index in [0.29, 0.717) is 15.9 Å². The summed E-state index contributed by atoms with van der Waals surface area (Å²) in [6, 6.07) is 9.72. The van der Waals surface area contributed by atoms with Gasteiger partial charge in [0.15, 0.2) is 0 Å². The van der Waals surface area contributed by atoms with E-state index in [1.54, 1.807) is 30.5 Å². The van der Waals surface area contributed by atoms with Crippen molar-refractivity contribution in [2.45, 2.75) is 0 Å². The molecule has 4 nitrogen and oxygen atoms in total. The van der Waals surface area contributed by atoms with Gasteiger partial charge in [-0.15, -0.1) is 0 Å². The number of pyridine rings is 1. The van der Waals surface area contributed by atoms with Gasteiger partial charge in [0, 0.05) is 16.4 Å². The lowest BCUT2D eigenvalue weighted by Gasteiger charge is -2.05. The van der Waals surface area contributed by atoms with Crippen molar-refractivity contribution < 1.29 is 9.90 Å². The second-order valence-corrected chi connectivity index (χ2v) is 4.19. The number of nitrogens with one attached hydrogen (secondary N) is 1. The molecule has 0 spiro atoms. The third-order valence-corrected chi connectivity index (χ3v) is 2.74. The minimum Gasteiger partial charge on any atom is -0.508 e. The van der Waals surface area contributed by atoms with E-state index < -0.39 is 0 Å². The van der Waals surface area contributed by atoms with Crippen molar-refractivity contribution in [2.24, 2.45) is 0 Å². The Kier molecular flexibility index (Phi) is 3.39. The fraction of sp³-hybridized carbons (Fsp3) is 0. The molecule has 0 saturated carbocycles. The number of nitrogens with zero attached hydrogens (tertiary/aromatic N) is 1. The predicted molar refractivity (Wildman–Crippen MR) is 68.0 cm³/mol. The van der Waals surface area contributed by atoms with Gasteiger partial charge in [0.05, 0.1) is 0 Å². The zero-order valence-corrected chi connectivity index (χ0v) is 10.3. The van der Waals surface area contributed by atoms with Crippen LogP contribution in [0, 0.1) is 0 Å². The maximum atomic E-state index is 11.9. The van der Waals surface area contributed by atoms with Gasteiger partial charge in [0.25, 0.3) is 5.91 Å². The highest BCUT2D eigenvalue weighted by molar-refractivity contribution is 9.10. The van der Waals surface area contributed by atoms with Crippen LogP contribution < -0.4 is 5.32 Å². The van der Waals surface area contributed by atoms with Crippen LogP contribution >= 0.6 is 15.9 Å². The van der Waals surface area contributed by atoms with Gasteiger partial charge in [-0.25, -0.2) is 4.98 Å². The lowest BCUT2D eigenvalue weighted by Crippen LogP contribution is -2.14. The Labute approximate surface area is 106 Å². The van der Waals surface area contributed by atoms with E-state index in [2.05, 4.69) is 26.2 Å². The van der Waals surface area contributed by atoms with E-state index in [9.17, 15) is 4.79 Å². The number of hydrogen-bond donors (Lipinski definition) is 2. The van der Waals surface area contributed by atoms with Crippen LogP contribution in [0.5, 0.6) is 5.75 Å². The van der Waals surface area contributed by atoms with E-state index in [1.807, 2.05) is 0 Å². The van der Waals surface area contributed by atoms with Gasteiger partial charge >= 0.3 is 0 Å². The van der Waals surface area contributed by atoms with Crippen LogP contribution in [0.4, 0.5) is 5.69 Å². The Hall–Kier alpha value is -1.88. The summed E-state index contributed by atoms with van der Waals surface area (Å²) in [5, 5.41) is 11.8. The maximum Gasteiger partial charge on any atom is 0.275 e. The number of amides is 1. The second kappa shape index (κ2) is 4.97. The summed E-state index contributed by atoms with van der Waals surface area (Å²) >= 11 is 3.26. The molecule has 0 aliphatic rings. The standard InChI is InChI=1S/C12H9BrN2O2/c13-10-2-1-7-14-11(10)12(17)15-8-3-5-9(16)6-4-8/h1-7,16H,(H,15,17). The number of rotatable bonds is 2. The monoisotopic (exact) mass is 292 g/mol. The summed E-state index contributed by atoms with van der Waals surface area (Å²) in [5.74, 6) is -0.148. The van der Waals surface area contributed by atoms with Gasteiger partial charge in [-0.1, -0.05) is 0 Å². The summed E-state index contributed by atoms with van der Waals surface area (Å²) in [6.07, 6.45) is 1.55. The Morgan fingerprint density at radius 3 is 2.59 bits per heavy atom. The number of anilines is 1. The molecule has 0 aliphatic heterocycles. The highest BCUT2D eigenvalue weighted by atomic mass is 79.9. The highest BCUT2D eigenvalue weighted by Crippen LogP contribution is 2.17. The number of hydrogen-bond acceptors (Lipinski definition) is 3. The number of aromatic nitrogens is 1. The van der Waals surface area contributed by atoms with E-state index in [4.69, 9.17) is 5.11 Å². The van der Waals surface area contributed by atoms with Crippen molar-refractivity contribution in [3.8, 4) is 5.75 Å². The summed E-state index contributed by atoms with van der Waals surface area (Å²) in [4.78, 5) is 15.8. The predicted octanol–water partition coefficient (Wildman–Crippen LogP) is 2.80. The van der Waals surface area contributed by atoms with Gasteiger partial charge in [0.1, 0.15) is 11.4 Å². The van der Waals surface area contributed by atoms with Crippen molar-refractivity contribution in [3.63, 3.8) is 0 Å². The number of carbonyl (C=O) groups excluding carboxylic acids is 1. The van der Waals surface area contributed by atoms with Crippen molar-refractivity contribution in [2.75, 3.05) is 5.32 Å². The number of phenolic OH excluding ortho intramolecular Hbond substituents is 1. The van der Waals surface area contributed by atoms with E-state index in [0.717, 1.165) is 0 Å². The van der Waals surface area contributed by atoms with Crippen LogP contribution in [0.3, 0.4) is 0 Å². The Balaban J connectivity index is 2.17. The van der Waals surface area contributed by atoms with Crippen LogP contribution in [0.2, 0.25) is 0 Å². The molecule has 0 bridgehead atoms. The first-order valence-corrected chi connectivity index (χ1v) is 5.67. The molecule has 0 unspecified atom stereocenters. The molecule has 17 heavy (non-hydrogen) atoms. The lowest BCUT2D eigenvalue weighted by molar-refractivity contribution is 0.102. The summed E-state index contributed by atoms with van der Waals surface area (Å²) in [7, 11) is 0. The molecule has 1 aromatic carbocycles. The smallest absolute Gasteiger partial charge is 0.275 e. The molecule has 0 atom stereocenters. The third-order valence-electron chi connectivity index (χ3n) is 2.10. The van der Waals surface area contributed by atoms with Gasteiger partial charge in [-0.3, -0.25) is 4.79 Å². The molecule has 1 aromatic heterocycles. The highest BCUT2D eigenvalue weighted by Gasteiger charge is 2.10. The van der Waals surface area contributed by atoms with E-state index in [1.165, 1.54) is 12.1 Å².